The van der Waals surface area contributed by atoms with Gasteiger partial charge in [-0.05, 0) is 57.2 Å². The van der Waals surface area contributed by atoms with E-state index in [1.165, 1.54) is 12.8 Å². The third kappa shape index (κ3) is 2.74. The van der Waals surface area contributed by atoms with Gasteiger partial charge in [0.1, 0.15) is 0 Å². The normalized spacial score (nSPS) is 32.3. The average molecular weight is 226 g/mol. The molecule has 1 saturated carbocycles. The van der Waals surface area contributed by atoms with Crippen molar-refractivity contribution in [2.45, 2.75) is 25.7 Å². The van der Waals surface area contributed by atoms with E-state index in [0.29, 0.717) is 11.8 Å². The molecule has 0 bridgehead atoms. The van der Waals surface area contributed by atoms with Gasteiger partial charge in [0.25, 0.3) is 0 Å². The van der Waals surface area contributed by atoms with E-state index in [1.807, 2.05) is 0 Å². The molecule has 92 valence electrons. The first kappa shape index (κ1) is 11.9. The SMILES string of the molecule is NCC1CCN(CC2CC(C(=O)O)C2)CC1. The van der Waals surface area contributed by atoms with Gasteiger partial charge in [0.15, 0.2) is 0 Å². The Hall–Kier alpha value is -0.610. The fourth-order valence-corrected chi connectivity index (χ4v) is 2.86. The lowest BCUT2D eigenvalue weighted by atomic mass is 9.74. The molecule has 0 spiro atoms. The van der Waals surface area contributed by atoms with E-state index < -0.39 is 5.97 Å². The van der Waals surface area contributed by atoms with Crippen molar-refractivity contribution in [3.63, 3.8) is 0 Å². The van der Waals surface area contributed by atoms with Crippen molar-refractivity contribution in [1.29, 1.82) is 0 Å². The van der Waals surface area contributed by atoms with Gasteiger partial charge < -0.3 is 15.7 Å². The number of carbonyl (C=O) groups is 1. The molecule has 1 aliphatic heterocycles. The molecule has 0 aromatic rings. The first-order chi connectivity index (χ1) is 7.69. The van der Waals surface area contributed by atoms with Crippen molar-refractivity contribution in [2.75, 3.05) is 26.2 Å². The lowest BCUT2D eigenvalue weighted by Crippen LogP contribution is -2.43. The molecule has 0 aromatic carbocycles. The van der Waals surface area contributed by atoms with Gasteiger partial charge in [0.2, 0.25) is 0 Å². The van der Waals surface area contributed by atoms with Crippen LogP contribution in [0.1, 0.15) is 25.7 Å². The van der Waals surface area contributed by atoms with Crippen molar-refractivity contribution in [3.05, 3.63) is 0 Å². The molecule has 4 nitrogen and oxygen atoms in total. The van der Waals surface area contributed by atoms with E-state index in [9.17, 15) is 4.79 Å². The maximum atomic E-state index is 10.7. The molecule has 1 heterocycles. The first-order valence-electron chi connectivity index (χ1n) is 6.34. The Bertz CT molecular complexity index is 243. The summed E-state index contributed by atoms with van der Waals surface area (Å²) in [5, 5.41) is 8.80. The van der Waals surface area contributed by atoms with Crippen LogP contribution in [0.15, 0.2) is 0 Å². The van der Waals surface area contributed by atoms with Crippen LogP contribution in [0.5, 0.6) is 0 Å². The fourth-order valence-electron chi connectivity index (χ4n) is 2.86. The minimum absolute atomic E-state index is 0.0634. The molecule has 0 unspecified atom stereocenters. The lowest BCUT2D eigenvalue weighted by Gasteiger charge is -2.39. The van der Waals surface area contributed by atoms with Crippen molar-refractivity contribution < 1.29 is 9.90 Å². The van der Waals surface area contributed by atoms with Crippen molar-refractivity contribution in [2.24, 2.45) is 23.5 Å². The third-order valence-corrected chi connectivity index (χ3v) is 4.14. The number of nitrogens with two attached hydrogens (primary N) is 1. The van der Waals surface area contributed by atoms with Crippen molar-refractivity contribution in [3.8, 4) is 0 Å². The van der Waals surface area contributed by atoms with Crippen LogP contribution in [0.2, 0.25) is 0 Å². The highest BCUT2D eigenvalue weighted by Gasteiger charge is 2.35. The highest BCUT2D eigenvalue weighted by Crippen LogP contribution is 2.35. The van der Waals surface area contributed by atoms with Gasteiger partial charge in [-0.3, -0.25) is 4.79 Å². The van der Waals surface area contributed by atoms with Crippen LogP contribution in [-0.2, 0) is 4.79 Å². The number of piperidine rings is 1. The third-order valence-electron chi connectivity index (χ3n) is 4.14. The molecule has 0 atom stereocenters. The maximum Gasteiger partial charge on any atom is 0.306 e. The summed E-state index contributed by atoms with van der Waals surface area (Å²) in [6, 6.07) is 0. The van der Waals surface area contributed by atoms with Gasteiger partial charge >= 0.3 is 5.97 Å². The van der Waals surface area contributed by atoms with Crippen LogP contribution in [0.25, 0.3) is 0 Å². The molecular formula is C12H22N2O2. The number of likely N-dealkylation sites (tertiary alicyclic amines) is 1. The highest BCUT2D eigenvalue weighted by molar-refractivity contribution is 5.71. The van der Waals surface area contributed by atoms with Crippen LogP contribution < -0.4 is 5.73 Å². The second kappa shape index (κ2) is 5.15. The molecule has 0 radical (unpaired) electrons. The first-order valence-corrected chi connectivity index (χ1v) is 6.34. The van der Waals surface area contributed by atoms with Crippen LogP contribution >= 0.6 is 0 Å². The van der Waals surface area contributed by atoms with Gasteiger partial charge in [-0.15, -0.1) is 0 Å². The summed E-state index contributed by atoms with van der Waals surface area (Å²) >= 11 is 0. The van der Waals surface area contributed by atoms with E-state index >= 15 is 0 Å². The van der Waals surface area contributed by atoms with Gasteiger partial charge in [-0.1, -0.05) is 0 Å². The standard InChI is InChI=1S/C12H22N2O2/c13-7-9-1-3-14(4-2-9)8-10-5-11(6-10)12(15)16/h9-11H,1-8,13H2,(H,15,16). The summed E-state index contributed by atoms with van der Waals surface area (Å²) in [5.41, 5.74) is 5.65. The predicted molar refractivity (Wildman–Crippen MR) is 62.1 cm³/mol. The number of hydrogen-bond acceptors (Lipinski definition) is 3. The molecule has 0 aromatic heterocycles. The summed E-state index contributed by atoms with van der Waals surface area (Å²) < 4.78 is 0. The van der Waals surface area contributed by atoms with E-state index in [-0.39, 0.29) is 5.92 Å². The van der Waals surface area contributed by atoms with E-state index in [1.54, 1.807) is 0 Å². The van der Waals surface area contributed by atoms with Crippen LogP contribution in [0.3, 0.4) is 0 Å². The van der Waals surface area contributed by atoms with Gasteiger partial charge in [-0.25, -0.2) is 0 Å². The Kier molecular flexibility index (Phi) is 3.82. The number of carboxylic acid groups (broad SMARTS) is 1. The molecule has 3 N–H and O–H groups in total. The molecule has 0 amide bonds. The quantitative estimate of drug-likeness (QED) is 0.743. The molecule has 1 aliphatic carbocycles. The summed E-state index contributed by atoms with van der Waals surface area (Å²) in [7, 11) is 0. The molecule has 1 saturated heterocycles. The van der Waals surface area contributed by atoms with Crippen LogP contribution in [0, 0.1) is 17.8 Å². The Balaban J connectivity index is 1.63. The Morgan fingerprint density at radius 3 is 2.38 bits per heavy atom. The second-order valence-electron chi connectivity index (χ2n) is 5.35. The number of hydrogen-bond donors (Lipinski definition) is 2. The largest absolute Gasteiger partial charge is 0.481 e. The molecule has 2 aliphatic rings. The Morgan fingerprint density at radius 1 is 1.25 bits per heavy atom. The summed E-state index contributed by atoms with van der Waals surface area (Å²) in [6.45, 7) is 4.21. The maximum absolute atomic E-state index is 10.7. The average Bonchev–Trinajstić information content (AvgIpc) is 2.23. The molecule has 4 heteroatoms. The van der Waals surface area contributed by atoms with Gasteiger partial charge in [0.05, 0.1) is 5.92 Å². The molecule has 2 fully saturated rings. The lowest BCUT2D eigenvalue weighted by molar-refractivity contribution is -0.146. The Labute approximate surface area is 96.8 Å². The van der Waals surface area contributed by atoms with Crippen LogP contribution in [0.4, 0.5) is 0 Å². The zero-order valence-corrected chi connectivity index (χ0v) is 9.77. The minimum Gasteiger partial charge on any atom is -0.481 e. The van der Waals surface area contributed by atoms with Crippen molar-refractivity contribution >= 4 is 5.97 Å². The Morgan fingerprint density at radius 2 is 1.88 bits per heavy atom. The second-order valence-corrected chi connectivity index (χ2v) is 5.35. The zero-order chi connectivity index (χ0) is 11.5. The summed E-state index contributed by atoms with van der Waals surface area (Å²) in [5.74, 6) is 0.657. The number of carboxylic acids is 1. The van der Waals surface area contributed by atoms with E-state index in [0.717, 1.165) is 39.0 Å². The molecular weight excluding hydrogens is 204 g/mol. The number of rotatable bonds is 4. The fraction of sp³-hybridized carbons (Fsp3) is 0.917. The van der Waals surface area contributed by atoms with E-state index in [2.05, 4.69) is 4.90 Å². The van der Waals surface area contributed by atoms with Crippen LogP contribution in [-0.4, -0.2) is 42.2 Å². The van der Waals surface area contributed by atoms with Gasteiger partial charge in [0, 0.05) is 6.54 Å². The summed E-state index contributed by atoms with van der Waals surface area (Å²) in [4.78, 5) is 13.2. The number of nitrogens with zero attached hydrogens (tertiary/aromatic N) is 1. The zero-order valence-electron chi connectivity index (χ0n) is 9.77. The molecule has 16 heavy (non-hydrogen) atoms. The summed E-state index contributed by atoms with van der Waals surface area (Å²) in [6.07, 6.45) is 4.19. The minimum atomic E-state index is -0.613. The topological polar surface area (TPSA) is 66.6 Å². The van der Waals surface area contributed by atoms with E-state index in [4.69, 9.17) is 10.8 Å². The smallest absolute Gasteiger partial charge is 0.306 e. The monoisotopic (exact) mass is 226 g/mol. The highest BCUT2D eigenvalue weighted by atomic mass is 16.4. The van der Waals surface area contributed by atoms with Gasteiger partial charge in [-0.2, -0.15) is 0 Å². The van der Waals surface area contributed by atoms with Crippen molar-refractivity contribution in [1.82, 2.24) is 4.90 Å². The predicted octanol–water partition coefficient (Wildman–Crippen LogP) is 0.768. The molecule has 2 rings (SSSR count). The number of aliphatic carboxylic acids is 1.